The Bertz CT molecular complexity index is 952. The molecule has 2 rings (SSSR count). The topological polar surface area (TPSA) is 112 Å². The van der Waals surface area contributed by atoms with Crippen LogP contribution in [0.15, 0.2) is 21.2 Å². The highest BCUT2D eigenvalue weighted by molar-refractivity contribution is 5.99. The van der Waals surface area contributed by atoms with Crippen molar-refractivity contribution in [3.8, 4) is 0 Å². The van der Waals surface area contributed by atoms with Crippen molar-refractivity contribution in [2.75, 3.05) is 6.54 Å². The standard InChI is InChI=1S/C17H26N6O2/c1-6-11(9-18)12(19)14-20-15-13(23(14)8-7-10(2)3)16(24)22(5)17(25)21(15)4/h7,11,19H,6,8-9,18H2,1-5H3/t11-/m0/s1. The fourth-order valence-electron chi connectivity index (χ4n) is 2.77. The van der Waals surface area contributed by atoms with Crippen molar-refractivity contribution in [1.82, 2.24) is 18.7 Å². The van der Waals surface area contributed by atoms with Gasteiger partial charge in [-0.25, -0.2) is 9.78 Å². The Morgan fingerprint density at radius 1 is 1.28 bits per heavy atom. The third kappa shape index (κ3) is 3.21. The highest BCUT2D eigenvalue weighted by Gasteiger charge is 2.24. The van der Waals surface area contributed by atoms with E-state index in [0.717, 1.165) is 10.1 Å². The van der Waals surface area contributed by atoms with E-state index in [1.165, 1.54) is 11.6 Å². The summed E-state index contributed by atoms with van der Waals surface area (Å²) in [4.78, 5) is 29.4. The van der Waals surface area contributed by atoms with E-state index in [2.05, 4.69) is 4.98 Å². The Labute approximate surface area is 146 Å². The number of allylic oxidation sites excluding steroid dienone is 2. The van der Waals surface area contributed by atoms with Crippen molar-refractivity contribution in [1.29, 1.82) is 5.41 Å². The van der Waals surface area contributed by atoms with Crippen LogP contribution < -0.4 is 17.0 Å². The average molecular weight is 346 g/mol. The lowest BCUT2D eigenvalue weighted by Gasteiger charge is -2.14. The van der Waals surface area contributed by atoms with Crippen molar-refractivity contribution >= 4 is 16.9 Å². The van der Waals surface area contributed by atoms with Crippen LogP contribution in [-0.4, -0.2) is 30.9 Å². The molecule has 0 aliphatic heterocycles. The predicted octanol–water partition coefficient (Wildman–Crippen LogP) is 0.753. The zero-order chi connectivity index (χ0) is 18.9. The Morgan fingerprint density at radius 2 is 1.92 bits per heavy atom. The second-order valence-electron chi connectivity index (χ2n) is 6.46. The quantitative estimate of drug-likeness (QED) is 0.594. The summed E-state index contributed by atoms with van der Waals surface area (Å²) in [6.45, 7) is 6.63. The zero-order valence-corrected chi connectivity index (χ0v) is 15.5. The number of hydrogen-bond acceptors (Lipinski definition) is 5. The van der Waals surface area contributed by atoms with Gasteiger partial charge in [-0.1, -0.05) is 18.6 Å². The molecule has 0 amide bonds. The van der Waals surface area contributed by atoms with Crippen LogP contribution in [0.25, 0.3) is 11.2 Å². The molecule has 0 unspecified atom stereocenters. The van der Waals surface area contributed by atoms with Gasteiger partial charge in [0.25, 0.3) is 5.56 Å². The number of nitrogens with zero attached hydrogens (tertiary/aromatic N) is 4. The van der Waals surface area contributed by atoms with Crippen LogP contribution in [0.2, 0.25) is 0 Å². The van der Waals surface area contributed by atoms with Gasteiger partial charge in [0.05, 0.1) is 5.71 Å². The van der Waals surface area contributed by atoms with Crippen LogP contribution in [0.5, 0.6) is 0 Å². The number of fused-ring (bicyclic) bond motifs is 1. The SMILES string of the molecule is CC[C@@H](CN)C(=N)c1nc2c(c(=O)n(C)c(=O)n2C)n1CC=C(C)C. The molecule has 136 valence electrons. The molecule has 0 spiro atoms. The third-order valence-corrected chi connectivity index (χ3v) is 4.46. The van der Waals surface area contributed by atoms with E-state index in [9.17, 15) is 9.59 Å². The molecule has 2 heterocycles. The number of nitrogens with two attached hydrogens (primary N) is 1. The van der Waals surface area contributed by atoms with Crippen molar-refractivity contribution in [3.63, 3.8) is 0 Å². The molecule has 1 atom stereocenters. The summed E-state index contributed by atoms with van der Waals surface area (Å²) in [7, 11) is 3.03. The number of imidazole rings is 1. The lowest BCUT2D eigenvalue weighted by Crippen LogP contribution is -2.37. The van der Waals surface area contributed by atoms with E-state index in [4.69, 9.17) is 11.1 Å². The maximum atomic E-state index is 12.7. The fourth-order valence-corrected chi connectivity index (χ4v) is 2.77. The largest absolute Gasteiger partial charge is 0.332 e. The van der Waals surface area contributed by atoms with Crippen molar-refractivity contribution < 1.29 is 0 Å². The predicted molar refractivity (Wildman–Crippen MR) is 99.3 cm³/mol. The van der Waals surface area contributed by atoms with Gasteiger partial charge >= 0.3 is 5.69 Å². The van der Waals surface area contributed by atoms with Crippen LogP contribution in [0.4, 0.5) is 0 Å². The van der Waals surface area contributed by atoms with Gasteiger partial charge in [0.15, 0.2) is 17.0 Å². The minimum Gasteiger partial charge on any atom is -0.330 e. The van der Waals surface area contributed by atoms with Gasteiger partial charge < -0.3 is 15.7 Å². The number of nitrogens with one attached hydrogen (secondary N) is 1. The summed E-state index contributed by atoms with van der Waals surface area (Å²) < 4.78 is 4.12. The third-order valence-electron chi connectivity index (χ3n) is 4.46. The van der Waals surface area contributed by atoms with E-state index in [1.54, 1.807) is 11.6 Å². The summed E-state index contributed by atoms with van der Waals surface area (Å²) in [5, 5.41) is 8.51. The molecule has 2 aromatic rings. The summed E-state index contributed by atoms with van der Waals surface area (Å²) in [5.41, 5.74) is 6.94. The molecule has 0 radical (unpaired) electrons. The van der Waals surface area contributed by atoms with E-state index in [0.29, 0.717) is 36.5 Å². The first kappa shape index (κ1) is 18.9. The van der Waals surface area contributed by atoms with Gasteiger partial charge in [0.2, 0.25) is 0 Å². The van der Waals surface area contributed by atoms with Crippen LogP contribution >= 0.6 is 0 Å². The second kappa shape index (κ2) is 7.18. The zero-order valence-electron chi connectivity index (χ0n) is 15.5. The van der Waals surface area contributed by atoms with E-state index < -0.39 is 11.2 Å². The van der Waals surface area contributed by atoms with Crippen LogP contribution in [0.1, 0.15) is 33.0 Å². The number of rotatable bonds is 6. The Kier molecular flexibility index (Phi) is 5.42. The van der Waals surface area contributed by atoms with E-state index in [1.807, 2.05) is 26.8 Å². The van der Waals surface area contributed by atoms with Crippen LogP contribution in [0, 0.1) is 11.3 Å². The molecule has 0 bridgehead atoms. The Morgan fingerprint density at radius 3 is 2.44 bits per heavy atom. The first-order valence-corrected chi connectivity index (χ1v) is 8.33. The molecule has 3 N–H and O–H groups in total. The van der Waals surface area contributed by atoms with E-state index >= 15 is 0 Å². The highest BCUT2D eigenvalue weighted by atomic mass is 16.2. The molecular formula is C17H26N6O2. The van der Waals surface area contributed by atoms with Gasteiger partial charge in [-0.05, 0) is 20.3 Å². The van der Waals surface area contributed by atoms with Gasteiger partial charge in [-0.2, -0.15) is 0 Å². The van der Waals surface area contributed by atoms with Gasteiger partial charge in [-0.15, -0.1) is 0 Å². The summed E-state index contributed by atoms with van der Waals surface area (Å²) in [5.74, 6) is 0.242. The number of aryl methyl sites for hydroxylation is 1. The lowest BCUT2D eigenvalue weighted by atomic mass is 10.00. The first-order valence-electron chi connectivity index (χ1n) is 8.33. The van der Waals surface area contributed by atoms with Crippen molar-refractivity contribution in [2.45, 2.75) is 33.7 Å². The molecule has 0 saturated heterocycles. The molecule has 0 aromatic carbocycles. The highest BCUT2D eigenvalue weighted by Crippen LogP contribution is 2.17. The summed E-state index contributed by atoms with van der Waals surface area (Å²) in [6.07, 6.45) is 2.67. The molecule has 0 aliphatic carbocycles. The number of aromatic nitrogens is 4. The van der Waals surface area contributed by atoms with Crippen LogP contribution in [-0.2, 0) is 20.6 Å². The first-order chi connectivity index (χ1) is 11.7. The maximum absolute atomic E-state index is 12.7. The van der Waals surface area contributed by atoms with Gasteiger partial charge in [-0.3, -0.25) is 13.9 Å². The Balaban J connectivity index is 2.88. The van der Waals surface area contributed by atoms with Crippen molar-refractivity contribution in [2.24, 2.45) is 25.7 Å². The fraction of sp³-hybridized carbons (Fsp3) is 0.529. The normalized spacial score (nSPS) is 12.4. The molecule has 0 aliphatic rings. The van der Waals surface area contributed by atoms with Gasteiger partial charge in [0.1, 0.15) is 0 Å². The molecule has 0 fully saturated rings. The summed E-state index contributed by atoms with van der Waals surface area (Å²) in [6, 6.07) is 0. The minimum atomic E-state index is -0.437. The lowest BCUT2D eigenvalue weighted by molar-refractivity contribution is 0.663. The molecule has 0 saturated carbocycles. The molecule has 25 heavy (non-hydrogen) atoms. The second-order valence-corrected chi connectivity index (χ2v) is 6.46. The molecule has 2 aromatic heterocycles. The summed E-state index contributed by atoms with van der Waals surface area (Å²) >= 11 is 0. The minimum absolute atomic E-state index is 0.150. The average Bonchev–Trinajstić information content (AvgIpc) is 2.96. The maximum Gasteiger partial charge on any atom is 0.332 e. The Hall–Kier alpha value is -2.48. The molecule has 8 nitrogen and oxygen atoms in total. The molecule has 8 heteroatoms. The van der Waals surface area contributed by atoms with Crippen molar-refractivity contribution in [3.05, 3.63) is 38.3 Å². The molecular weight excluding hydrogens is 320 g/mol. The number of hydrogen-bond donors (Lipinski definition) is 2. The van der Waals surface area contributed by atoms with E-state index in [-0.39, 0.29) is 11.6 Å². The van der Waals surface area contributed by atoms with Crippen LogP contribution in [0.3, 0.4) is 0 Å². The smallest absolute Gasteiger partial charge is 0.330 e. The monoisotopic (exact) mass is 346 g/mol. The van der Waals surface area contributed by atoms with Gasteiger partial charge in [0, 0.05) is 33.1 Å².